The number of ether oxygens (including phenoxy) is 1. The van der Waals surface area contributed by atoms with Gasteiger partial charge in [0.1, 0.15) is 0 Å². The van der Waals surface area contributed by atoms with Gasteiger partial charge >= 0.3 is 0 Å². The van der Waals surface area contributed by atoms with Crippen molar-refractivity contribution in [3.63, 3.8) is 0 Å². The van der Waals surface area contributed by atoms with Crippen molar-refractivity contribution in [3.8, 4) is 62.2 Å². The molecule has 0 saturated heterocycles. The van der Waals surface area contributed by atoms with E-state index in [2.05, 4.69) is 184 Å². The molecule has 7 nitrogen and oxygen atoms in total. The Hall–Kier alpha value is -9.59. The first kappa shape index (κ1) is 40.7. The van der Waals surface area contributed by atoms with E-state index in [1.165, 1.54) is 10.8 Å². The van der Waals surface area contributed by atoms with Gasteiger partial charge in [0, 0.05) is 44.6 Å². The lowest BCUT2D eigenvalue weighted by atomic mass is 9.97. The zero-order valence-electron chi connectivity index (χ0n) is 37.8. The fourth-order valence-corrected chi connectivity index (χ4v) is 9.71. The first-order valence-corrected chi connectivity index (χ1v) is 23.4. The third kappa shape index (κ3) is 7.30. The third-order valence-corrected chi connectivity index (χ3v) is 13.0. The van der Waals surface area contributed by atoms with Crippen LogP contribution < -0.4 is 14.5 Å². The van der Waals surface area contributed by atoms with Crippen LogP contribution in [0.2, 0.25) is 0 Å². The number of para-hydroxylation sites is 5. The molecule has 1 aliphatic heterocycles. The molecule has 0 fully saturated rings. The summed E-state index contributed by atoms with van der Waals surface area (Å²) in [6.07, 6.45) is 0. The van der Waals surface area contributed by atoms with E-state index in [1.54, 1.807) is 0 Å². The van der Waals surface area contributed by atoms with Gasteiger partial charge in [-0.3, -0.25) is 4.90 Å². The summed E-state index contributed by atoms with van der Waals surface area (Å²) in [5, 5.41) is 2.42. The highest BCUT2D eigenvalue weighted by atomic mass is 16.5. The van der Waals surface area contributed by atoms with Crippen molar-refractivity contribution >= 4 is 56.2 Å². The quantitative estimate of drug-likeness (QED) is 0.144. The molecule has 13 rings (SSSR count). The molecule has 0 N–H and O–H groups in total. The maximum Gasteiger partial charge on any atom is 0.239 e. The van der Waals surface area contributed by atoms with Crippen molar-refractivity contribution in [3.05, 3.63) is 255 Å². The first-order chi connectivity index (χ1) is 34.7. The second kappa shape index (κ2) is 17.2. The molecule has 70 heavy (non-hydrogen) atoms. The number of anilines is 6. The van der Waals surface area contributed by atoms with Crippen LogP contribution in [0.1, 0.15) is 0 Å². The number of rotatable bonds is 9. The van der Waals surface area contributed by atoms with Gasteiger partial charge in [-0.2, -0.15) is 9.97 Å². The smallest absolute Gasteiger partial charge is 0.239 e. The van der Waals surface area contributed by atoms with E-state index in [4.69, 9.17) is 19.7 Å². The van der Waals surface area contributed by atoms with Crippen LogP contribution in [0, 0.1) is 0 Å². The number of hydrogen-bond donors (Lipinski definition) is 0. The van der Waals surface area contributed by atoms with E-state index in [9.17, 15) is 0 Å². The summed E-state index contributed by atoms with van der Waals surface area (Å²) in [7, 11) is 0. The van der Waals surface area contributed by atoms with Gasteiger partial charge in [0.05, 0.1) is 22.4 Å². The lowest BCUT2D eigenvalue weighted by molar-refractivity contribution is 0.476. The Kier molecular flexibility index (Phi) is 10.0. The van der Waals surface area contributed by atoms with Gasteiger partial charge in [0.2, 0.25) is 5.95 Å². The number of aromatic nitrogens is 4. The normalized spacial score (nSPS) is 11.8. The molecule has 330 valence electrons. The molecule has 0 saturated carbocycles. The zero-order valence-corrected chi connectivity index (χ0v) is 37.8. The van der Waals surface area contributed by atoms with Crippen LogP contribution in [-0.2, 0) is 0 Å². The second-order valence-corrected chi connectivity index (χ2v) is 17.3. The Morgan fingerprint density at radius 3 is 1.50 bits per heavy atom. The van der Waals surface area contributed by atoms with E-state index in [0.29, 0.717) is 29.1 Å². The summed E-state index contributed by atoms with van der Waals surface area (Å²) in [6.45, 7) is 0. The maximum absolute atomic E-state index is 6.72. The number of fused-ring (bicyclic) bond motifs is 5. The predicted octanol–water partition coefficient (Wildman–Crippen LogP) is 16.7. The van der Waals surface area contributed by atoms with E-state index < -0.39 is 0 Å². The Balaban J connectivity index is 0.875. The molecule has 0 spiro atoms. The van der Waals surface area contributed by atoms with Crippen molar-refractivity contribution in [1.29, 1.82) is 0 Å². The van der Waals surface area contributed by atoms with Crippen molar-refractivity contribution in [2.45, 2.75) is 0 Å². The molecule has 0 unspecified atom stereocenters. The van der Waals surface area contributed by atoms with Gasteiger partial charge in [0.15, 0.2) is 23.1 Å². The molecule has 0 bridgehead atoms. The van der Waals surface area contributed by atoms with Crippen LogP contribution in [-0.4, -0.2) is 19.5 Å². The Labute approximate surface area is 405 Å². The van der Waals surface area contributed by atoms with Crippen LogP contribution in [0.15, 0.2) is 255 Å². The molecule has 2 aromatic heterocycles. The summed E-state index contributed by atoms with van der Waals surface area (Å²) in [5.74, 6) is 3.11. The zero-order chi connectivity index (χ0) is 46.4. The maximum atomic E-state index is 6.72. The Bertz CT molecular complexity index is 3760. The molecule has 12 aromatic rings. The van der Waals surface area contributed by atoms with Gasteiger partial charge in [-0.1, -0.05) is 164 Å². The SMILES string of the molecule is c1ccc(-c2nc(-c3ccccc3)nc(N3c4ccccc4Oc4cc(-c5cccc(-c6ccc7c8ccccc8n(-c8ccc(N(c9ccccc9)c9ccccc9)cc8)c7c6)c5)ccc43)n2)cc1. The fourth-order valence-electron chi connectivity index (χ4n) is 9.71. The summed E-state index contributed by atoms with van der Waals surface area (Å²) < 4.78 is 9.10. The Morgan fingerprint density at radius 1 is 0.329 bits per heavy atom. The minimum absolute atomic E-state index is 0.504. The summed E-state index contributed by atoms with van der Waals surface area (Å²) in [4.78, 5) is 19.6. The minimum atomic E-state index is 0.504. The van der Waals surface area contributed by atoms with E-state index in [-0.39, 0.29) is 0 Å². The average Bonchev–Trinajstić information content (AvgIpc) is 3.77. The summed E-state index contributed by atoms with van der Waals surface area (Å²) in [5.41, 5.74) is 14.5. The van der Waals surface area contributed by atoms with Crippen LogP contribution >= 0.6 is 0 Å². The molecule has 1 aliphatic rings. The average molecular weight is 899 g/mol. The monoisotopic (exact) mass is 898 g/mol. The molecular weight excluding hydrogens is 857 g/mol. The van der Waals surface area contributed by atoms with E-state index in [1.807, 2.05) is 84.9 Å². The van der Waals surface area contributed by atoms with Crippen molar-refractivity contribution in [2.24, 2.45) is 0 Å². The molecule has 0 amide bonds. The highest BCUT2D eigenvalue weighted by Gasteiger charge is 2.29. The molecule has 7 heteroatoms. The lowest BCUT2D eigenvalue weighted by Gasteiger charge is -2.31. The predicted molar refractivity (Wildman–Crippen MR) is 285 cm³/mol. The van der Waals surface area contributed by atoms with Gasteiger partial charge in [0.25, 0.3) is 0 Å². The minimum Gasteiger partial charge on any atom is -0.453 e. The molecule has 10 aromatic carbocycles. The fraction of sp³-hybridized carbons (Fsp3) is 0. The summed E-state index contributed by atoms with van der Waals surface area (Å²) >= 11 is 0. The molecule has 3 heterocycles. The van der Waals surface area contributed by atoms with Crippen LogP contribution in [0.25, 0.3) is 72.5 Å². The van der Waals surface area contributed by atoms with Crippen LogP contribution in [0.4, 0.5) is 34.4 Å². The van der Waals surface area contributed by atoms with Crippen LogP contribution in [0.5, 0.6) is 11.5 Å². The number of benzene rings is 10. The van der Waals surface area contributed by atoms with Gasteiger partial charge < -0.3 is 14.2 Å². The highest BCUT2D eigenvalue weighted by Crippen LogP contribution is 2.51. The van der Waals surface area contributed by atoms with Crippen molar-refractivity contribution < 1.29 is 4.74 Å². The van der Waals surface area contributed by atoms with E-state index in [0.717, 1.165) is 78.5 Å². The van der Waals surface area contributed by atoms with Crippen LogP contribution in [0.3, 0.4) is 0 Å². The number of hydrogen-bond acceptors (Lipinski definition) is 6. The topological polar surface area (TPSA) is 59.3 Å². The molecule has 0 atom stereocenters. The lowest BCUT2D eigenvalue weighted by Crippen LogP contribution is -2.19. The number of nitrogens with zero attached hydrogens (tertiary/aromatic N) is 6. The molecular formula is C63H42N6O. The van der Waals surface area contributed by atoms with Gasteiger partial charge in [-0.15, -0.1) is 0 Å². The second-order valence-electron chi connectivity index (χ2n) is 17.3. The summed E-state index contributed by atoms with van der Waals surface area (Å²) in [6, 6.07) is 88.8. The third-order valence-electron chi connectivity index (χ3n) is 13.0. The highest BCUT2D eigenvalue weighted by molar-refractivity contribution is 6.10. The van der Waals surface area contributed by atoms with Gasteiger partial charge in [-0.05, 0) is 113 Å². The van der Waals surface area contributed by atoms with Crippen molar-refractivity contribution in [1.82, 2.24) is 19.5 Å². The molecule has 0 radical (unpaired) electrons. The van der Waals surface area contributed by atoms with E-state index >= 15 is 0 Å². The van der Waals surface area contributed by atoms with Crippen molar-refractivity contribution in [2.75, 3.05) is 9.80 Å². The standard InChI is InChI=1S/C63H42N6O/c1-5-18-43(19-6-1)61-64-62(44-20-7-2-8-21-44)66-63(65-61)69-56-30-15-16-31-59(56)70-60-42-48(33-39-57(60)69)46-23-17-22-45(40-46)47-32-38-54-53-28-13-14-29-55(53)68(58(54)41-47)52-36-34-51(35-37-52)67(49-24-9-3-10-25-49)50-26-11-4-12-27-50/h1-42H. The Morgan fingerprint density at radius 2 is 0.829 bits per heavy atom. The first-order valence-electron chi connectivity index (χ1n) is 23.4. The largest absolute Gasteiger partial charge is 0.453 e. The molecule has 0 aliphatic carbocycles. The van der Waals surface area contributed by atoms with Gasteiger partial charge in [-0.25, -0.2) is 4.98 Å².